The molecule has 0 aromatic carbocycles. The van der Waals surface area contributed by atoms with Gasteiger partial charge in [-0.05, 0) is 37.5 Å². The average molecular weight is 411 g/mol. The monoisotopic (exact) mass is 410 g/mol. The number of epoxide rings is 4. The molecule has 8 atom stereocenters. The van der Waals surface area contributed by atoms with Crippen LogP contribution in [0.25, 0.3) is 0 Å². The van der Waals surface area contributed by atoms with Crippen LogP contribution >= 0.6 is 0 Å². The smallest absolute Gasteiger partial charge is 0.0834 e. The Morgan fingerprint density at radius 1 is 0.621 bits per heavy atom. The largest absolute Gasteiger partial charge is 0.375 e. The van der Waals surface area contributed by atoms with Gasteiger partial charge in [-0.25, -0.2) is 0 Å². The Hall–Kier alpha value is -0.200. The van der Waals surface area contributed by atoms with Crippen LogP contribution in [0.4, 0.5) is 0 Å². The zero-order chi connectivity index (χ0) is 20.1. The Morgan fingerprint density at radius 2 is 0.966 bits per heavy atom. The van der Waals surface area contributed by atoms with Gasteiger partial charge in [0, 0.05) is 12.8 Å². The lowest BCUT2D eigenvalue weighted by atomic mass is 9.89. The van der Waals surface area contributed by atoms with E-state index in [-0.39, 0.29) is 0 Å². The highest BCUT2D eigenvalue weighted by molar-refractivity contribution is 4.84. The fraction of sp³-hybridized carbons (Fsp3) is 1.00. The first-order valence-corrected chi connectivity index (χ1v) is 12.3. The highest BCUT2D eigenvalue weighted by atomic mass is 16.6. The molecule has 0 aromatic heterocycles. The highest BCUT2D eigenvalue weighted by Gasteiger charge is 2.36. The van der Waals surface area contributed by atoms with Crippen LogP contribution in [0.5, 0.6) is 0 Å². The molecule has 0 radical (unpaired) electrons. The molecule has 168 valence electrons. The van der Waals surface area contributed by atoms with Gasteiger partial charge < -0.3 is 23.7 Å². The number of ether oxygens (including phenoxy) is 5. The number of hydrogen-bond acceptors (Lipinski definition) is 5. The molecule has 4 fully saturated rings. The molecule has 5 heteroatoms. The molecule has 0 aromatic rings. The molecule has 29 heavy (non-hydrogen) atoms. The Bertz CT molecular complexity index is 428. The maximum absolute atomic E-state index is 6.87. The molecule has 4 saturated heterocycles. The summed E-state index contributed by atoms with van der Waals surface area (Å²) >= 11 is 0. The van der Waals surface area contributed by atoms with Crippen LogP contribution in [0.3, 0.4) is 0 Å². The molecule has 5 nitrogen and oxygen atoms in total. The number of hydrogen-bond donors (Lipinski definition) is 0. The molecule has 4 heterocycles. The normalized spacial score (nSPS) is 33.7. The Labute approximate surface area is 177 Å². The maximum Gasteiger partial charge on any atom is 0.0834 e. The van der Waals surface area contributed by atoms with Crippen molar-refractivity contribution in [2.75, 3.05) is 26.4 Å². The molecular weight excluding hydrogens is 368 g/mol. The van der Waals surface area contributed by atoms with Gasteiger partial charge in [-0.15, -0.1) is 0 Å². The van der Waals surface area contributed by atoms with Gasteiger partial charge in [0.2, 0.25) is 0 Å². The summed E-state index contributed by atoms with van der Waals surface area (Å²) in [5.74, 6) is 1.42. The zero-order valence-corrected chi connectivity index (χ0v) is 18.6. The summed E-state index contributed by atoms with van der Waals surface area (Å²) in [7, 11) is 0. The van der Waals surface area contributed by atoms with E-state index in [0.717, 1.165) is 52.1 Å². The van der Waals surface area contributed by atoms with E-state index in [9.17, 15) is 0 Å². The molecule has 0 aliphatic carbocycles. The van der Waals surface area contributed by atoms with Crippen molar-refractivity contribution in [2.45, 2.75) is 115 Å². The van der Waals surface area contributed by atoms with E-state index in [1.54, 1.807) is 0 Å². The fourth-order valence-electron chi connectivity index (χ4n) is 5.06. The average Bonchev–Trinajstić information content (AvgIpc) is 3.52. The van der Waals surface area contributed by atoms with Crippen LogP contribution in [0, 0.1) is 11.8 Å². The third kappa shape index (κ3) is 8.82. The first kappa shape index (κ1) is 22.0. The van der Waals surface area contributed by atoms with Gasteiger partial charge in [-0.3, -0.25) is 0 Å². The summed E-state index contributed by atoms with van der Waals surface area (Å²) in [6, 6.07) is 0. The molecule has 0 spiro atoms. The molecule has 0 bridgehead atoms. The molecule has 0 amide bonds. The van der Waals surface area contributed by atoms with E-state index in [1.165, 1.54) is 38.5 Å². The SMILES string of the molecule is CCCC(CC1CO1)CC(CC1CO1)OC(CC(CCC)CC1CO1)CC1CO1. The predicted octanol–water partition coefficient (Wildman–Crippen LogP) is 4.51. The summed E-state index contributed by atoms with van der Waals surface area (Å²) in [5, 5.41) is 0. The quantitative estimate of drug-likeness (QED) is 0.311. The second-order valence-corrected chi connectivity index (χ2v) is 9.93. The lowest BCUT2D eigenvalue weighted by Crippen LogP contribution is -2.29. The van der Waals surface area contributed by atoms with Crippen molar-refractivity contribution in [3.05, 3.63) is 0 Å². The van der Waals surface area contributed by atoms with Crippen LogP contribution in [-0.4, -0.2) is 63.1 Å². The van der Waals surface area contributed by atoms with Crippen molar-refractivity contribution in [3.8, 4) is 0 Å². The van der Waals surface area contributed by atoms with Crippen molar-refractivity contribution in [2.24, 2.45) is 11.8 Å². The Balaban J connectivity index is 1.33. The van der Waals surface area contributed by atoms with Crippen molar-refractivity contribution in [1.82, 2.24) is 0 Å². The van der Waals surface area contributed by atoms with Crippen LogP contribution in [0.15, 0.2) is 0 Å². The van der Waals surface area contributed by atoms with Crippen LogP contribution < -0.4 is 0 Å². The third-order valence-electron chi connectivity index (χ3n) is 6.82. The molecule has 4 aliphatic heterocycles. The van der Waals surface area contributed by atoms with Crippen molar-refractivity contribution in [3.63, 3.8) is 0 Å². The van der Waals surface area contributed by atoms with E-state index in [0.29, 0.717) is 48.5 Å². The minimum Gasteiger partial charge on any atom is -0.375 e. The molecule has 0 saturated carbocycles. The van der Waals surface area contributed by atoms with E-state index < -0.39 is 0 Å². The summed E-state index contributed by atoms with van der Waals surface area (Å²) in [4.78, 5) is 0. The maximum atomic E-state index is 6.87. The van der Waals surface area contributed by atoms with E-state index in [1.807, 2.05) is 0 Å². The van der Waals surface area contributed by atoms with E-state index in [4.69, 9.17) is 23.7 Å². The predicted molar refractivity (Wildman–Crippen MR) is 112 cm³/mol. The summed E-state index contributed by atoms with van der Waals surface area (Å²) in [6.45, 7) is 8.34. The van der Waals surface area contributed by atoms with Gasteiger partial charge in [0.25, 0.3) is 0 Å². The van der Waals surface area contributed by atoms with Crippen molar-refractivity contribution >= 4 is 0 Å². The Kier molecular flexibility index (Phi) is 8.27. The number of rotatable bonds is 18. The van der Waals surface area contributed by atoms with E-state index in [2.05, 4.69) is 13.8 Å². The van der Waals surface area contributed by atoms with Crippen LogP contribution in [0.1, 0.15) is 78.1 Å². The summed E-state index contributed by atoms with van der Waals surface area (Å²) in [6.07, 6.45) is 14.3. The Morgan fingerprint density at radius 3 is 1.28 bits per heavy atom. The zero-order valence-electron chi connectivity index (χ0n) is 18.6. The van der Waals surface area contributed by atoms with E-state index >= 15 is 0 Å². The first-order chi connectivity index (χ1) is 14.2. The van der Waals surface area contributed by atoms with Crippen molar-refractivity contribution in [1.29, 1.82) is 0 Å². The first-order valence-electron chi connectivity index (χ1n) is 12.3. The molecule has 8 unspecified atom stereocenters. The molecule has 4 rings (SSSR count). The van der Waals surface area contributed by atoms with Gasteiger partial charge in [0.1, 0.15) is 0 Å². The standard InChI is InChI=1S/C24H42O5/c1-3-5-17(9-21-13-25-21)7-19(11-23-15-27-23)29-20(12-24-16-28-24)8-18(6-4-2)10-22-14-26-22/h17-24H,3-16H2,1-2H3. The van der Waals surface area contributed by atoms with Gasteiger partial charge in [0.05, 0.1) is 63.1 Å². The summed E-state index contributed by atoms with van der Waals surface area (Å²) < 4.78 is 29.1. The topological polar surface area (TPSA) is 59.4 Å². The third-order valence-corrected chi connectivity index (χ3v) is 6.82. The second kappa shape index (κ2) is 10.9. The molecule has 0 N–H and O–H groups in total. The highest BCUT2D eigenvalue weighted by Crippen LogP contribution is 2.34. The van der Waals surface area contributed by atoms with Gasteiger partial charge in [-0.2, -0.15) is 0 Å². The fourth-order valence-corrected chi connectivity index (χ4v) is 5.06. The van der Waals surface area contributed by atoms with Gasteiger partial charge in [-0.1, -0.05) is 39.5 Å². The van der Waals surface area contributed by atoms with Gasteiger partial charge >= 0.3 is 0 Å². The van der Waals surface area contributed by atoms with Crippen molar-refractivity contribution < 1.29 is 23.7 Å². The minimum absolute atomic E-state index is 0.306. The molecule has 4 aliphatic rings. The van der Waals surface area contributed by atoms with Crippen LogP contribution in [-0.2, 0) is 23.7 Å². The van der Waals surface area contributed by atoms with Crippen LogP contribution in [0.2, 0.25) is 0 Å². The second-order valence-electron chi connectivity index (χ2n) is 9.93. The molecular formula is C24H42O5. The lowest BCUT2D eigenvalue weighted by molar-refractivity contribution is -0.0498. The summed E-state index contributed by atoms with van der Waals surface area (Å²) in [5.41, 5.74) is 0. The lowest BCUT2D eigenvalue weighted by Gasteiger charge is -2.30. The van der Waals surface area contributed by atoms with Gasteiger partial charge in [0.15, 0.2) is 0 Å². The minimum atomic E-state index is 0.306.